The van der Waals surface area contributed by atoms with Gasteiger partial charge in [0.15, 0.2) is 0 Å². The molecule has 0 aromatic heterocycles. The molecule has 0 aliphatic rings. The van der Waals surface area contributed by atoms with Crippen molar-refractivity contribution in [3.8, 4) is 0 Å². The highest BCUT2D eigenvalue weighted by Gasteiger charge is 2.14. The SMILES string of the molecule is COCC(N)CC(O)c1ccc(C)cc1C. The summed E-state index contributed by atoms with van der Waals surface area (Å²) in [6, 6.07) is 5.92. The van der Waals surface area contributed by atoms with Gasteiger partial charge in [-0.25, -0.2) is 0 Å². The molecule has 1 rings (SSSR count). The maximum atomic E-state index is 10.1. The first-order valence-corrected chi connectivity index (χ1v) is 5.54. The second-order valence-electron chi connectivity index (χ2n) is 4.33. The van der Waals surface area contributed by atoms with E-state index in [4.69, 9.17) is 10.5 Å². The molecule has 1 aromatic carbocycles. The number of rotatable bonds is 5. The Labute approximate surface area is 97.2 Å². The van der Waals surface area contributed by atoms with Crippen LogP contribution in [-0.2, 0) is 4.74 Å². The molecule has 3 N–H and O–H groups in total. The van der Waals surface area contributed by atoms with Crippen LogP contribution < -0.4 is 5.73 Å². The minimum Gasteiger partial charge on any atom is -0.388 e. The Morgan fingerprint density at radius 1 is 1.38 bits per heavy atom. The number of aliphatic hydroxyl groups is 1. The van der Waals surface area contributed by atoms with E-state index in [1.165, 1.54) is 5.56 Å². The Hall–Kier alpha value is -0.900. The molecule has 2 atom stereocenters. The number of aliphatic hydroxyl groups excluding tert-OH is 1. The maximum absolute atomic E-state index is 10.1. The number of hydrogen-bond donors (Lipinski definition) is 2. The molecule has 0 saturated heterocycles. The van der Waals surface area contributed by atoms with Crippen LogP contribution in [-0.4, -0.2) is 24.9 Å². The zero-order valence-corrected chi connectivity index (χ0v) is 10.2. The summed E-state index contributed by atoms with van der Waals surface area (Å²) in [5.41, 5.74) is 9.08. The molecule has 0 radical (unpaired) electrons. The number of methoxy groups -OCH3 is 1. The largest absolute Gasteiger partial charge is 0.388 e. The average Bonchev–Trinajstić information content (AvgIpc) is 2.17. The fourth-order valence-corrected chi connectivity index (χ4v) is 1.90. The molecule has 0 amide bonds. The van der Waals surface area contributed by atoms with Crippen LogP contribution in [0.15, 0.2) is 18.2 Å². The van der Waals surface area contributed by atoms with E-state index in [0.717, 1.165) is 11.1 Å². The molecule has 0 saturated carbocycles. The molecule has 0 aliphatic carbocycles. The second kappa shape index (κ2) is 5.99. The summed E-state index contributed by atoms with van der Waals surface area (Å²) < 4.78 is 4.95. The van der Waals surface area contributed by atoms with Crippen molar-refractivity contribution in [3.05, 3.63) is 34.9 Å². The van der Waals surface area contributed by atoms with E-state index in [-0.39, 0.29) is 6.04 Å². The van der Waals surface area contributed by atoms with Crippen LogP contribution in [0.1, 0.15) is 29.2 Å². The Balaban J connectivity index is 2.69. The van der Waals surface area contributed by atoms with Crippen LogP contribution in [0.25, 0.3) is 0 Å². The van der Waals surface area contributed by atoms with E-state index in [1.54, 1.807) is 7.11 Å². The van der Waals surface area contributed by atoms with Gasteiger partial charge in [-0.2, -0.15) is 0 Å². The predicted molar refractivity (Wildman–Crippen MR) is 65.3 cm³/mol. The lowest BCUT2D eigenvalue weighted by atomic mass is 9.97. The first kappa shape index (κ1) is 13.2. The van der Waals surface area contributed by atoms with Gasteiger partial charge in [-0.15, -0.1) is 0 Å². The number of aryl methyl sites for hydroxylation is 2. The quantitative estimate of drug-likeness (QED) is 0.799. The van der Waals surface area contributed by atoms with Crippen molar-refractivity contribution in [1.82, 2.24) is 0 Å². The number of benzene rings is 1. The summed E-state index contributed by atoms with van der Waals surface area (Å²) >= 11 is 0. The van der Waals surface area contributed by atoms with E-state index in [0.29, 0.717) is 13.0 Å². The third-order valence-corrected chi connectivity index (χ3v) is 2.69. The third-order valence-electron chi connectivity index (χ3n) is 2.69. The first-order chi connectivity index (χ1) is 7.54. The fraction of sp³-hybridized carbons (Fsp3) is 0.538. The second-order valence-corrected chi connectivity index (χ2v) is 4.33. The normalized spacial score (nSPS) is 14.8. The molecule has 0 bridgehead atoms. The van der Waals surface area contributed by atoms with Gasteiger partial charge < -0.3 is 15.6 Å². The summed E-state index contributed by atoms with van der Waals surface area (Å²) in [4.78, 5) is 0. The Morgan fingerprint density at radius 2 is 2.06 bits per heavy atom. The minimum absolute atomic E-state index is 0.124. The fourth-order valence-electron chi connectivity index (χ4n) is 1.90. The molecular weight excluding hydrogens is 202 g/mol. The molecular formula is C13H21NO2. The highest BCUT2D eigenvalue weighted by Crippen LogP contribution is 2.22. The van der Waals surface area contributed by atoms with Crippen molar-refractivity contribution < 1.29 is 9.84 Å². The van der Waals surface area contributed by atoms with Gasteiger partial charge in [-0.05, 0) is 31.4 Å². The zero-order chi connectivity index (χ0) is 12.1. The highest BCUT2D eigenvalue weighted by molar-refractivity contribution is 5.32. The molecule has 0 fully saturated rings. The van der Waals surface area contributed by atoms with E-state index >= 15 is 0 Å². The molecule has 0 aliphatic heterocycles. The molecule has 90 valence electrons. The van der Waals surface area contributed by atoms with Gasteiger partial charge in [0.05, 0.1) is 12.7 Å². The van der Waals surface area contributed by atoms with Crippen LogP contribution >= 0.6 is 0 Å². The topological polar surface area (TPSA) is 55.5 Å². The van der Waals surface area contributed by atoms with Gasteiger partial charge in [0, 0.05) is 13.2 Å². The van der Waals surface area contributed by atoms with Crippen LogP contribution in [0, 0.1) is 13.8 Å². The summed E-state index contributed by atoms with van der Waals surface area (Å²) in [5, 5.41) is 10.1. The van der Waals surface area contributed by atoms with Crippen molar-refractivity contribution in [2.75, 3.05) is 13.7 Å². The van der Waals surface area contributed by atoms with Crippen LogP contribution in [0.5, 0.6) is 0 Å². The summed E-state index contributed by atoms with van der Waals surface area (Å²) in [6.07, 6.45) is 0.0170. The van der Waals surface area contributed by atoms with Crippen molar-refractivity contribution in [2.24, 2.45) is 5.73 Å². The third kappa shape index (κ3) is 3.59. The van der Waals surface area contributed by atoms with Crippen LogP contribution in [0.3, 0.4) is 0 Å². The van der Waals surface area contributed by atoms with Crippen molar-refractivity contribution in [3.63, 3.8) is 0 Å². The lowest BCUT2D eigenvalue weighted by Gasteiger charge is -2.18. The maximum Gasteiger partial charge on any atom is 0.0808 e. The Kier molecular flexibility index (Phi) is 4.93. The van der Waals surface area contributed by atoms with E-state index in [1.807, 2.05) is 26.0 Å². The van der Waals surface area contributed by atoms with Gasteiger partial charge in [0.25, 0.3) is 0 Å². The van der Waals surface area contributed by atoms with Crippen LogP contribution in [0.2, 0.25) is 0 Å². The van der Waals surface area contributed by atoms with Gasteiger partial charge in [0.1, 0.15) is 0 Å². The van der Waals surface area contributed by atoms with Crippen LogP contribution in [0.4, 0.5) is 0 Å². The minimum atomic E-state index is -0.509. The average molecular weight is 223 g/mol. The molecule has 0 heterocycles. The van der Waals surface area contributed by atoms with E-state index < -0.39 is 6.10 Å². The molecule has 3 heteroatoms. The predicted octanol–water partition coefficient (Wildman–Crippen LogP) is 1.70. The molecule has 3 nitrogen and oxygen atoms in total. The number of nitrogens with two attached hydrogens (primary N) is 1. The Morgan fingerprint density at radius 3 is 2.62 bits per heavy atom. The molecule has 16 heavy (non-hydrogen) atoms. The molecule has 0 spiro atoms. The zero-order valence-electron chi connectivity index (χ0n) is 10.2. The van der Waals surface area contributed by atoms with Crippen molar-refractivity contribution in [1.29, 1.82) is 0 Å². The van der Waals surface area contributed by atoms with Gasteiger partial charge in [-0.1, -0.05) is 23.8 Å². The first-order valence-electron chi connectivity index (χ1n) is 5.54. The number of hydrogen-bond acceptors (Lipinski definition) is 3. The molecule has 1 aromatic rings. The van der Waals surface area contributed by atoms with Crippen molar-refractivity contribution >= 4 is 0 Å². The van der Waals surface area contributed by atoms with Gasteiger partial charge in [-0.3, -0.25) is 0 Å². The summed E-state index contributed by atoms with van der Waals surface area (Å²) in [5.74, 6) is 0. The smallest absolute Gasteiger partial charge is 0.0808 e. The summed E-state index contributed by atoms with van der Waals surface area (Å²) in [7, 11) is 1.61. The monoisotopic (exact) mass is 223 g/mol. The van der Waals surface area contributed by atoms with Crippen molar-refractivity contribution in [2.45, 2.75) is 32.4 Å². The van der Waals surface area contributed by atoms with Gasteiger partial charge >= 0.3 is 0 Å². The lowest BCUT2D eigenvalue weighted by Crippen LogP contribution is -2.28. The van der Waals surface area contributed by atoms with E-state index in [2.05, 4.69) is 6.07 Å². The number of ether oxygens (including phenoxy) is 1. The highest BCUT2D eigenvalue weighted by atomic mass is 16.5. The van der Waals surface area contributed by atoms with Gasteiger partial charge in [0.2, 0.25) is 0 Å². The standard InChI is InChI=1S/C13H21NO2/c1-9-4-5-12(10(2)6-9)13(15)7-11(14)8-16-3/h4-6,11,13,15H,7-8,14H2,1-3H3. The lowest BCUT2D eigenvalue weighted by molar-refractivity contribution is 0.122. The summed E-state index contributed by atoms with van der Waals surface area (Å²) in [6.45, 7) is 4.52. The molecule has 2 unspecified atom stereocenters. The Bertz CT molecular complexity index is 339. The van der Waals surface area contributed by atoms with E-state index in [9.17, 15) is 5.11 Å².